The van der Waals surface area contributed by atoms with Gasteiger partial charge in [-0.1, -0.05) is 24.3 Å². The van der Waals surface area contributed by atoms with Gasteiger partial charge in [0.1, 0.15) is 0 Å². The summed E-state index contributed by atoms with van der Waals surface area (Å²) in [5, 5.41) is 3.28. The van der Waals surface area contributed by atoms with Gasteiger partial charge < -0.3 is 14.6 Å². The molecule has 1 aliphatic carbocycles. The van der Waals surface area contributed by atoms with Crippen LogP contribution in [0.15, 0.2) is 59.2 Å². The standard InChI is InChI=1S/C27H29N3O3/c1-18-11-12-22(26(31)29-23-9-4-7-19-6-2-3-8-21(19)23)25(28-18)20-13-15-30(16-14-20)27(32)24-10-5-17-33-24/h2-3,5-6,8,10-12,17,20,23H,4,7,9,13-16H2,1H3,(H,29,31). The van der Waals surface area contributed by atoms with E-state index < -0.39 is 0 Å². The third kappa shape index (κ3) is 4.42. The molecule has 0 spiro atoms. The summed E-state index contributed by atoms with van der Waals surface area (Å²) in [6.07, 6.45) is 6.15. The number of carbonyl (C=O) groups excluding carboxylic acids is 2. The summed E-state index contributed by atoms with van der Waals surface area (Å²) < 4.78 is 5.27. The molecule has 1 atom stereocenters. The van der Waals surface area contributed by atoms with Crippen LogP contribution in [-0.4, -0.2) is 34.8 Å². The first-order valence-electron chi connectivity index (χ1n) is 11.8. The number of hydrogen-bond acceptors (Lipinski definition) is 4. The quantitative estimate of drug-likeness (QED) is 0.628. The van der Waals surface area contributed by atoms with E-state index in [0.29, 0.717) is 24.4 Å². The molecule has 6 heteroatoms. The Morgan fingerprint density at radius 3 is 2.64 bits per heavy atom. The maximum Gasteiger partial charge on any atom is 0.289 e. The van der Waals surface area contributed by atoms with E-state index >= 15 is 0 Å². The molecule has 33 heavy (non-hydrogen) atoms. The van der Waals surface area contributed by atoms with E-state index in [1.807, 2.05) is 30.0 Å². The van der Waals surface area contributed by atoms with Gasteiger partial charge in [-0.2, -0.15) is 0 Å². The summed E-state index contributed by atoms with van der Waals surface area (Å²) in [7, 11) is 0. The summed E-state index contributed by atoms with van der Waals surface area (Å²) in [6.45, 7) is 3.20. The number of aryl methyl sites for hydroxylation is 2. The minimum atomic E-state index is -0.0791. The number of nitrogens with zero attached hydrogens (tertiary/aromatic N) is 2. The molecule has 0 saturated carbocycles. The third-order valence-electron chi connectivity index (χ3n) is 6.88. The van der Waals surface area contributed by atoms with Gasteiger partial charge in [-0.15, -0.1) is 0 Å². The highest BCUT2D eigenvalue weighted by Crippen LogP contribution is 2.32. The van der Waals surface area contributed by atoms with Gasteiger partial charge in [0.05, 0.1) is 23.6 Å². The Morgan fingerprint density at radius 1 is 1.03 bits per heavy atom. The van der Waals surface area contributed by atoms with Crippen LogP contribution in [0.4, 0.5) is 0 Å². The van der Waals surface area contributed by atoms with Crippen LogP contribution < -0.4 is 5.32 Å². The van der Waals surface area contributed by atoms with Crippen LogP contribution in [0.3, 0.4) is 0 Å². The topological polar surface area (TPSA) is 75.4 Å². The molecule has 1 aliphatic heterocycles. The minimum absolute atomic E-state index is 0.0318. The Hall–Kier alpha value is -3.41. The molecule has 2 aromatic heterocycles. The van der Waals surface area contributed by atoms with E-state index in [0.717, 1.165) is 43.5 Å². The zero-order valence-electron chi connectivity index (χ0n) is 18.9. The zero-order chi connectivity index (χ0) is 22.8. The average molecular weight is 444 g/mol. The smallest absolute Gasteiger partial charge is 0.289 e. The number of nitrogens with one attached hydrogen (secondary N) is 1. The van der Waals surface area contributed by atoms with Crippen LogP contribution in [0, 0.1) is 6.92 Å². The molecule has 1 aromatic carbocycles. The lowest BCUT2D eigenvalue weighted by atomic mass is 9.87. The second-order valence-electron chi connectivity index (χ2n) is 9.05. The summed E-state index contributed by atoms with van der Waals surface area (Å²) in [4.78, 5) is 32.6. The lowest BCUT2D eigenvalue weighted by Crippen LogP contribution is -2.38. The highest BCUT2D eigenvalue weighted by atomic mass is 16.3. The molecule has 6 nitrogen and oxygen atoms in total. The number of likely N-dealkylation sites (tertiary alicyclic amines) is 1. The Kier molecular flexibility index (Phi) is 5.99. The van der Waals surface area contributed by atoms with Crippen molar-refractivity contribution < 1.29 is 14.0 Å². The van der Waals surface area contributed by atoms with Crippen LogP contribution in [-0.2, 0) is 6.42 Å². The number of fused-ring (bicyclic) bond motifs is 1. The average Bonchev–Trinajstić information content (AvgIpc) is 3.39. The second kappa shape index (κ2) is 9.22. The fraction of sp³-hybridized carbons (Fsp3) is 0.370. The number of piperidine rings is 1. The molecule has 0 bridgehead atoms. The van der Waals surface area contributed by atoms with Crippen molar-refractivity contribution in [2.75, 3.05) is 13.1 Å². The van der Waals surface area contributed by atoms with Crippen LogP contribution >= 0.6 is 0 Å². The van der Waals surface area contributed by atoms with Gasteiger partial charge in [-0.25, -0.2) is 0 Å². The number of amides is 2. The molecule has 1 N–H and O–H groups in total. The first-order chi connectivity index (χ1) is 16.1. The molecule has 2 amide bonds. The number of carbonyl (C=O) groups is 2. The van der Waals surface area contributed by atoms with Gasteiger partial charge >= 0.3 is 0 Å². The Morgan fingerprint density at radius 2 is 1.85 bits per heavy atom. The Balaban J connectivity index is 1.32. The maximum atomic E-state index is 13.4. The van der Waals surface area contributed by atoms with Crippen LogP contribution in [0.1, 0.15) is 81.1 Å². The van der Waals surface area contributed by atoms with Crippen molar-refractivity contribution in [2.24, 2.45) is 0 Å². The molecule has 1 fully saturated rings. The SMILES string of the molecule is Cc1ccc(C(=O)NC2CCCc3ccccc32)c(C2CCN(C(=O)c3ccco3)CC2)n1. The lowest BCUT2D eigenvalue weighted by Gasteiger charge is -2.32. The largest absolute Gasteiger partial charge is 0.459 e. The highest BCUT2D eigenvalue weighted by molar-refractivity contribution is 5.96. The van der Waals surface area contributed by atoms with Gasteiger partial charge in [-0.3, -0.25) is 14.6 Å². The van der Waals surface area contributed by atoms with Gasteiger partial charge in [0.15, 0.2) is 5.76 Å². The number of benzene rings is 1. The van der Waals surface area contributed by atoms with Crippen molar-refractivity contribution in [3.8, 4) is 0 Å². The van der Waals surface area contributed by atoms with Gasteiger partial charge in [-0.05, 0) is 74.4 Å². The number of pyridine rings is 1. The number of aromatic nitrogens is 1. The molecule has 1 unspecified atom stereocenters. The molecule has 3 heterocycles. The fourth-order valence-corrected chi connectivity index (χ4v) is 5.13. The molecule has 5 rings (SSSR count). The van der Waals surface area contributed by atoms with E-state index in [1.54, 1.807) is 12.1 Å². The molecule has 3 aromatic rings. The Bertz CT molecular complexity index is 1150. The second-order valence-corrected chi connectivity index (χ2v) is 9.05. The van der Waals surface area contributed by atoms with Crippen LogP contribution in [0.2, 0.25) is 0 Å². The maximum absolute atomic E-state index is 13.4. The summed E-state index contributed by atoms with van der Waals surface area (Å²) in [5.74, 6) is 0.373. The number of furan rings is 1. The van der Waals surface area contributed by atoms with Gasteiger partial charge in [0, 0.05) is 24.7 Å². The molecule has 170 valence electrons. The minimum Gasteiger partial charge on any atom is -0.459 e. The molecular formula is C27H29N3O3. The van der Waals surface area contributed by atoms with Crippen molar-refractivity contribution in [3.63, 3.8) is 0 Å². The lowest BCUT2D eigenvalue weighted by molar-refractivity contribution is 0.0678. The van der Waals surface area contributed by atoms with E-state index in [9.17, 15) is 9.59 Å². The van der Waals surface area contributed by atoms with Crippen molar-refractivity contribution >= 4 is 11.8 Å². The van der Waals surface area contributed by atoms with Crippen LogP contribution in [0.5, 0.6) is 0 Å². The predicted octanol–water partition coefficient (Wildman–Crippen LogP) is 4.81. The number of hydrogen-bond donors (Lipinski definition) is 1. The third-order valence-corrected chi connectivity index (χ3v) is 6.88. The predicted molar refractivity (Wildman–Crippen MR) is 125 cm³/mol. The van der Waals surface area contributed by atoms with Gasteiger partial charge in [0.2, 0.25) is 0 Å². The van der Waals surface area contributed by atoms with Crippen LogP contribution in [0.25, 0.3) is 0 Å². The molecule has 0 radical (unpaired) electrons. The fourth-order valence-electron chi connectivity index (χ4n) is 5.13. The summed E-state index contributed by atoms with van der Waals surface area (Å²) in [6, 6.07) is 15.7. The monoisotopic (exact) mass is 443 g/mol. The van der Waals surface area contributed by atoms with Crippen molar-refractivity contribution in [1.82, 2.24) is 15.2 Å². The zero-order valence-corrected chi connectivity index (χ0v) is 18.9. The summed E-state index contributed by atoms with van der Waals surface area (Å²) in [5.41, 5.74) is 4.95. The molecular weight excluding hydrogens is 414 g/mol. The summed E-state index contributed by atoms with van der Waals surface area (Å²) >= 11 is 0. The van der Waals surface area contributed by atoms with Crippen molar-refractivity contribution in [2.45, 2.75) is 51.0 Å². The van der Waals surface area contributed by atoms with E-state index in [4.69, 9.17) is 9.40 Å². The van der Waals surface area contributed by atoms with E-state index in [2.05, 4.69) is 23.5 Å². The van der Waals surface area contributed by atoms with Gasteiger partial charge in [0.25, 0.3) is 11.8 Å². The van der Waals surface area contributed by atoms with E-state index in [-0.39, 0.29) is 23.8 Å². The highest BCUT2D eigenvalue weighted by Gasteiger charge is 2.30. The normalized spacial score (nSPS) is 18.6. The molecule has 2 aliphatic rings. The molecule has 1 saturated heterocycles. The Labute approximate surface area is 194 Å². The first kappa shape index (κ1) is 21.4. The first-order valence-corrected chi connectivity index (χ1v) is 11.8. The van der Waals surface area contributed by atoms with E-state index in [1.165, 1.54) is 17.4 Å². The number of rotatable bonds is 4. The van der Waals surface area contributed by atoms with Crippen molar-refractivity contribution in [3.05, 3.63) is 88.6 Å². The van der Waals surface area contributed by atoms with Crippen molar-refractivity contribution in [1.29, 1.82) is 0 Å².